The molecule has 1 unspecified atom stereocenters. The van der Waals surface area contributed by atoms with Crippen LogP contribution in [0, 0.1) is 12.8 Å². The van der Waals surface area contributed by atoms with Crippen molar-refractivity contribution in [1.82, 2.24) is 9.88 Å². The zero-order valence-electron chi connectivity index (χ0n) is 17.9. The van der Waals surface area contributed by atoms with E-state index in [1.165, 1.54) is 0 Å². The quantitative estimate of drug-likeness (QED) is 0.605. The Balaban J connectivity index is 1.57. The molecule has 2 aromatic rings. The summed E-state index contributed by atoms with van der Waals surface area (Å²) in [5.74, 6) is 0.800. The number of nitrogen functional groups attached to an aromatic ring is 1. The highest BCUT2D eigenvalue weighted by Gasteiger charge is 2.29. The van der Waals surface area contributed by atoms with Gasteiger partial charge in [0.2, 0.25) is 11.8 Å². The summed E-state index contributed by atoms with van der Waals surface area (Å²) >= 11 is 0. The summed E-state index contributed by atoms with van der Waals surface area (Å²) in [4.78, 5) is 18.9. The lowest BCUT2D eigenvalue weighted by Crippen LogP contribution is -2.43. The van der Waals surface area contributed by atoms with Gasteiger partial charge in [0.1, 0.15) is 0 Å². The number of ether oxygens (including phenoxy) is 1. The molecule has 160 valence electrons. The number of pyridine rings is 1. The van der Waals surface area contributed by atoms with Crippen molar-refractivity contribution >= 4 is 23.0 Å². The van der Waals surface area contributed by atoms with Crippen molar-refractivity contribution in [3.8, 4) is 5.88 Å². The van der Waals surface area contributed by atoms with E-state index >= 15 is 0 Å². The standard InChI is InChI=1S/C23H31N5O2/c1-15-5-7-20(19(24)11-15)26-16(2)21-12-17(9-10-28(21)3)13-22(29)27-18-6-8-23(30-4)25-14-18/h5-8,11,14,17,21,26H,2,9-10,12-13,24H2,1,3-4H3,(H,27,29)/t17?,21-/m1/s1. The number of aromatic nitrogens is 1. The van der Waals surface area contributed by atoms with Gasteiger partial charge in [-0.2, -0.15) is 0 Å². The molecule has 2 atom stereocenters. The van der Waals surface area contributed by atoms with Gasteiger partial charge in [-0.05, 0) is 63.0 Å². The summed E-state index contributed by atoms with van der Waals surface area (Å²) in [6, 6.07) is 9.61. The number of carbonyl (C=O) groups excluding carboxylic acids is 1. The maximum Gasteiger partial charge on any atom is 0.224 e. The smallest absolute Gasteiger partial charge is 0.224 e. The van der Waals surface area contributed by atoms with Crippen molar-refractivity contribution in [2.45, 2.75) is 32.2 Å². The van der Waals surface area contributed by atoms with E-state index < -0.39 is 0 Å². The Morgan fingerprint density at radius 2 is 2.13 bits per heavy atom. The normalized spacial score (nSPS) is 19.2. The number of nitrogens with two attached hydrogens (primary N) is 1. The van der Waals surface area contributed by atoms with Crippen LogP contribution >= 0.6 is 0 Å². The molecule has 0 spiro atoms. The van der Waals surface area contributed by atoms with Gasteiger partial charge in [0.25, 0.3) is 0 Å². The molecule has 1 aromatic carbocycles. The molecule has 4 N–H and O–H groups in total. The number of piperidine rings is 1. The second-order valence-electron chi connectivity index (χ2n) is 7.97. The first-order chi connectivity index (χ1) is 14.4. The van der Waals surface area contributed by atoms with E-state index in [-0.39, 0.29) is 17.9 Å². The van der Waals surface area contributed by atoms with E-state index in [9.17, 15) is 4.79 Å². The second kappa shape index (κ2) is 9.63. The van der Waals surface area contributed by atoms with Crippen LogP contribution in [0.1, 0.15) is 24.8 Å². The molecule has 1 aliphatic rings. The minimum atomic E-state index is -0.00313. The highest BCUT2D eigenvalue weighted by atomic mass is 16.5. The van der Waals surface area contributed by atoms with Gasteiger partial charge in [-0.3, -0.25) is 9.69 Å². The van der Waals surface area contributed by atoms with E-state index in [0.717, 1.165) is 36.3 Å². The Hall–Kier alpha value is -3.06. The first kappa shape index (κ1) is 21.6. The lowest BCUT2D eigenvalue weighted by molar-refractivity contribution is -0.117. The van der Waals surface area contributed by atoms with Crippen LogP contribution in [0.4, 0.5) is 17.1 Å². The van der Waals surface area contributed by atoms with Crippen LogP contribution in [0.25, 0.3) is 0 Å². The Kier molecular flexibility index (Phi) is 6.95. The van der Waals surface area contributed by atoms with E-state index in [4.69, 9.17) is 10.5 Å². The number of benzene rings is 1. The van der Waals surface area contributed by atoms with Crippen molar-refractivity contribution in [3.05, 3.63) is 54.4 Å². The molecule has 0 bridgehead atoms. The third-order valence-electron chi connectivity index (χ3n) is 5.59. The summed E-state index contributed by atoms with van der Waals surface area (Å²) in [6.45, 7) is 7.19. The van der Waals surface area contributed by atoms with Crippen LogP contribution in [0.5, 0.6) is 5.88 Å². The number of likely N-dealkylation sites (tertiary alicyclic amines) is 1. The number of likely N-dealkylation sites (N-methyl/N-ethyl adjacent to an activating group) is 1. The van der Waals surface area contributed by atoms with Gasteiger partial charge < -0.3 is 21.1 Å². The van der Waals surface area contributed by atoms with E-state index in [1.54, 1.807) is 25.4 Å². The summed E-state index contributed by atoms with van der Waals surface area (Å²) < 4.78 is 5.05. The Morgan fingerprint density at radius 1 is 1.33 bits per heavy atom. The fourth-order valence-electron chi connectivity index (χ4n) is 3.85. The summed E-state index contributed by atoms with van der Waals surface area (Å²) in [5, 5.41) is 6.30. The molecule has 0 radical (unpaired) electrons. The molecule has 30 heavy (non-hydrogen) atoms. The van der Waals surface area contributed by atoms with Crippen molar-refractivity contribution in [1.29, 1.82) is 0 Å². The van der Waals surface area contributed by atoms with Crippen LogP contribution in [0.15, 0.2) is 48.8 Å². The monoisotopic (exact) mass is 409 g/mol. The molecule has 0 aliphatic carbocycles. The average molecular weight is 410 g/mol. The molecule has 0 saturated carbocycles. The highest BCUT2D eigenvalue weighted by Crippen LogP contribution is 2.30. The highest BCUT2D eigenvalue weighted by molar-refractivity contribution is 5.90. The van der Waals surface area contributed by atoms with E-state index in [1.807, 2.05) is 25.1 Å². The van der Waals surface area contributed by atoms with Gasteiger partial charge >= 0.3 is 0 Å². The van der Waals surface area contributed by atoms with Gasteiger partial charge in [0.15, 0.2) is 0 Å². The van der Waals surface area contributed by atoms with E-state index in [0.29, 0.717) is 23.7 Å². The number of hydrogen-bond acceptors (Lipinski definition) is 6. The number of hydrogen-bond donors (Lipinski definition) is 3. The van der Waals surface area contributed by atoms with Gasteiger partial charge in [0.05, 0.1) is 30.4 Å². The molecular weight excluding hydrogens is 378 g/mol. The van der Waals surface area contributed by atoms with Crippen LogP contribution in [0.3, 0.4) is 0 Å². The number of aryl methyl sites for hydroxylation is 1. The summed E-state index contributed by atoms with van der Waals surface area (Å²) in [6.07, 6.45) is 3.91. The molecule has 1 saturated heterocycles. The number of nitrogens with zero attached hydrogens (tertiary/aromatic N) is 2. The predicted molar refractivity (Wildman–Crippen MR) is 122 cm³/mol. The topological polar surface area (TPSA) is 92.5 Å². The number of anilines is 3. The molecule has 1 aliphatic heterocycles. The van der Waals surface area contributed by atoms with Crippen LogP contribution in [0.2, 0.25) is 0 Å². The lowest BCUT2D eigenvalue weighted by atomic mass is 9.87. The molecule has 1 fully saturated rings. The predicted octanol–water partition coefficient (Wildman–Crippen LogP) is 3.65. The maximum absolute atomic E-state index is 12.5. The number of amides is 1. The molecule has 1 amide bonds. The largest absolute Gasteiger partial charge is 0.481 e. The fraction of sp³-hybridized carbons (Fsp3) is 0.391. The molecule has 7 heteroatoms. The first-order valence-electron chi connectivity index (χ1n) is 10.2. The number of methoxy groups -OCH3 is 1. The number of rotatable bonds is 7. The first-order valence-corrected chi connectivity index (χ1v) is 10.2. The number of carbonyl (C=O) groups is 1. The van der Waals surface area contributed by atoms with Crippen molar-refractivity contribution in [2.75, 3.05) is 37.1 Å². The Morgan fingerprint density at radius 3 is 2.80 bits per heavy atom. The van der Waals surface area contributed by atoms with Gasteiger partial charge in [0, 0.05) is 24.2 Å². The molecule has 2 heterocycles. The molecule has 1 aromatic heterocycles. The molecular formula is C23H31N5O2. The molecule has 3 rings (SSSR count). The maximum atomic E-state index is 12.5. The third kappa shape index (κ3) is 5.51. The zero-order chi connectivity index (χ0) is 21.7. The average Bonchev–Trinajstić information content (AvgIpc) is 2.72. The summed E-state index contributed by atoms with van der Waals surface area (Å²) in [5.41, 5.74) is 10.4. The van der Waals surface area contributed by atoms with Crippen molar-refractivity contribution in [3.63, 3.8) is 0 Å². The third-order valence-corrected chi connectivity index (χ3v) is 5.59. The van der Waals surface area contributed by atoms with Gasteiger partial charge in [-0.25, -0.2) is 4.98 Å². The fourth-order valence-corrected chi connectivity index (χ4v) is 3.85. The van der Waals surface area contributed by atoms with Gasteiger partial charge in [-0.1, -0.05) is 12.6 Å². The minimum Gasteiger partial charge on any atom is -0.481 e. The minimum absolute atomic E-state index is 0.00313. The SMILES string of the molecule is C=C(Nc1ccc(C)cc1N)[C@H]1CC(CC(=O)Nc2ccc(OC)nc2)CCN1C. The molecule has 7 nitrogen and oxygen atoms in total. The van der Waals surface area contributed by atoms with Crippen LogP contribution in [-0.4, -0.2) is 42.5 Å². The summed E-state index contributed by atoms with van der Waals surface area (Å²) in [7, 11) is 3.66. The second-order valence-corrected chi connectivity index (χ2v) is 7.97. The van der Waals surface area contributed by atoms with Crippen molar-refractivity contribution < 1.29 is 9.53 Å². The lowest BCUT2D eigenvalue weighted by Gasteiger charge is -2.38. The van der Waals surface area contributed by atoms with Crippen LogP contribution in [-0.2, 0) is 4.79 Å². The zero-order valence-corrected chi connectivity index (χ0v) is 17.9. The Bertz CT molecular complexity index is 897. The van der Waals surface area contributed by atoms with Crippen LogP contribution < -0.4 is 21.1 Å². The van der Waals surface area contributed by atoms with Gasteiger partial charge in [-0.15, -0.1) is 0 Å². The van der Waals surface area contributed by atoms with Crippen molar-refractivity contribution in [2.24, 2.45) is 5.92 Å². The number of nitrogens with one attached hydrogen (secondary N) is 2. The van der Waals surface area contributed by atoms with E-state index in [2.05, 4.69) is 34.1 Å². The Labute approximate surface area is 178 Å².